The Labute approximate surface area is 373 Å². The monoisotopic (exact) mass is 872 g/mol. The van der Waals surface area contributed by atoms with Crippen LogP contribution in [0.4, 0.5) is 9.18 Å². The Hall–Kier alpha value is -6.89. The number of alkyl carbamates (subject to hydrolysis) is 1. The molecule has 0 bridgehead atoms. The van der Waals surface area contributed by atoms with Gasteiger partial charge in [-0.25, -0.2) is 19.2 Å². The maximum atomic E-state index is 15.2. The molecule has 3 atom stereocenters. The number of aromatic amines is 2. The van der Waals surface area contributed by atoms with Crippen LogP contribution >= 0.6 is 0 Å². The first-order valence-corrected chi connectivity index (χ1v) is 21.2. The Morgan fingerprint density at radius 3 is 2.44 bits per heavy atom. The number of imidazole rings is 2. The molecule has 6 aromatic rings. The molecule has 1 fully saturated rings. The summed E-state index contributed by atoms with van der Waals surface area (Å²) in [6, 6.07) is 24.5. The molecule has 4 aromatic carbocycles. The van der Waals surface area contributed by atoms with E-state index < -0.39 is 12.1 Å². The lowest BCUT2D eigenvalue weighted by Crippen LogP contribution is -2.39. The van der Waals surface area contributed by atoms with Crippen molar-refractivity contribution in [1.29, 1.82) is 0 Å². The Balaban J connectivity index is 0.000000443. The van der Waals surface area contributed by atoms with E-state index in [2.05, 4.69) is 82.4 Å². The SMILES string of the molecule is CNC(C(=O)NCCCCc1ncc(-c2ccc(C#Cc3ccc4c(ccc5[nH]c(C6CCCN6C)nc54)c3)c(F)c2)[nH]1)c1ccccc1.COC(=O)NC(C=O)C(C)C.COC=O. The molecule has 1 aliphatic heterocycles. The first-order chi connectivity index (χ1) is 31.0. The Morgan fingerprint density at radius 2 is 1.78 bits per heavy atom. The van der Waals surface area contributed by atoms with Gasteiger partial charge >= 0.3 is 6.09 Å². The van der Waals surface area contributed by atoms with Crippen LogP contribution in [0.25, 0.3) is 33.1 Å². The van der Waals surface area contributed by atoms with Crippen molar-refractivity contribution in [2.24, 2.45) is 5.92 Å². The fourth-order valence-electron chi connectivity index (χ4n) is 7.25. The standard InChI is InChI=1S/C40H40FN7O.C7H13NO3.C2H4O2/c1-42-37(28-9-4-3-5-10-28)40(49)43-21-7-6-12-36-44-25-34(45-36)30-17-16-27(32(41)24-30)15-13-26-14-19-31-29(23-26)18-20-33-38(31)47-39(46-33)35-11-8-22-48(35)2;1-5(2)6(4-9)8-7(10)11-3;1-4-2-3/h3-5,9-10,14,16-20,23-25,35,37,42H,6-8,11-12,21-22H2,1-2H3,(H,43,49)(H,44,45)(H,46,47);4-6H,1-3H3,(H,8,10);2H,1H3. The van der Waals surface area contributed by atoms with E-state index in [0.29, 0.717) is 36.5 Å². The number of hydrogen-bond donors (Lipinski definition) is 5. The number of amides is 2. The summed E-state index contributed by atoms with van der Waals surface area (Å²) >= 11 is 0. The number of carbonyl (C=O) groups is 4. The van der Waals surface area contributed by atoms with Gasteiger partial charge in [-0.3, -0.25) is 14.5 Å². The summed E-state index contributed by atoms with van der Waals surface area (Å²) in [4.78, 5) is 61.2. The van der Waals surface area contributed by atoms with Crippen molar-refractivity contribution in [2.45, 2.75) is 64.1 Å². The summed E-state index contributed by atoms with van der Waals surface area (Å²) < 4.78 is 23.4. The highest BCUT2D eigenvalue weighted by atomic mass is 19.1. The maximum Gasteiger partial charge on any atom is 0.407 e. The second kappa shape index (κ2) is 24.1. The van der Waals surface area contributed by atoms with Crippen LogP contribution in [-0.4, -0.2) is 97.0 Å². The smallest absolute Gasteiger partial charge is 0.407 e. The third kappa shape index (κ3) is 13.1. The second-order valence-corrected chi connectivity index (χ2v) is 15.6. The van der Waals surface area contributed by atoms with Gasteiger partial charge < -0.3 is 40.2 Å². The average Bonchev–Trinajstić information content (AvgIpc) is 4.08. The molecule has 3 unspecified atom stereocenters. The maximum absolute atomic E-state index is 15.2. The summed E-state index contributed by atoms with van der Waals surface area (Å²) in [7, 11) is 6.51. The normalized spacial score (nSPS) is 14.2. The van der Waals surface area contributed by atoms with Crippen LogP contribution in [0.2, 0.25) is 0 Å². The van der Waals surface area contributed by atoms with Gasteiger partial charge in [0.1, 0.15) is 29.8 Å². The number of H-pyrrole nitrogens is 2. The molecule has 14 nitrogen and oxygen atoms in total. The third-order valence-corrected chi connectivity index (χ3v) is 10.8. The first-order valence-electron chi connectivity index (χ1n) is 21.2. The van der Waals surface area contributed by atoms with Crippen LogP contribution in [0.5, 0.6) is 0 Å². The van der Waals surface area contributed by atoms with Crippen molar-refractivity contribution >= 4 is 46.6 Å². The number of hydrogen-bond acceptors (Lipinski definition) is 10. The van der Waals surface area contributed by atoms with Crippen LogP contribution in [-0.2, 0) is 30.3 Å². The van der Waals surface area contributed by atoms with Crippen molar-refractivity contribution in [3.8, 4) is 23.1 Å². The van der Waals surface area contributed by atoms with E-state index in [1.165, 1.54) is 26.7 Å². The zero-order valence-electron chi connectivity index (χ0n) is 37.2. The van der Waals surface area contributed by atoms with Crippen LogP contribution in [0.1, 0.15) is 80.0 Å². The van der Waals surface area contributed by atoms with Crippen LogP contribution < -0.4 is 16.0 Å². The van der Waals surface area contributed by atoms with Crippen molar-refractivity contribution in [3.63, 3.8) is 0 Å². The molecule has 2 amide bonds. The second-order valence-electron chi connectivity index (χ2n) is 15.6. The molecular weight excluding hydrogens is 816 g/mol. The number of nitrogens with one attached hydrogen (secondary N) is 5. The minimum absolute atomic E-state index is 0.0432. The summed E-state index contributed by atoms with van der Waals surface area (Å²) in [6.07, 6.45) is 6.56. The van der Waals surface area contributed by atoms with E-state index in [4.69, 9.17) is 9.78 Å². The zero-order chi connectivity index (χ0) is 46.0. The highest BCUT2D eigenvalue weighted by molar-refractivity contribution is 6.04. The molecule has 0 radical (unpaired) electrons. The minimum atomic E-state index is -0.573. The molecule has 0 saturated carbocycles. The van der Waals surface area contributed by atoms with Gasteiger partial charge in [-0.05, 0) is 93.5 Å². The number of aldehydes is 1. The Bertz CT molecular complexity index is 2550. The van der Waals surface area contributed by atoms with Gasteiger partial charge in [0, 0.05) is 29.5 Å². The number of methoxy groups -OCH3 is 2. The number of likely N-dealkylation sites (N-methyl/N-ethyl adjacent to an activating group) is 1. The van der Waals surface area contributed by atoms with E-state index in [-0.39, 0.29) is 23.7 Å². The Kier molecular flexibility index (Phi) is 18.1. The third-order valence-electron chi connectivity index (χ3n) is 10.8. The molecule has 64 heavy (non-hydrogen) atoms. The quantitative estimate of drug-likeness (QED) is 0.0428. The fraction of sp³-hybridized carbons (Fsp3) is 0.347. The van der Waals surface area contributed by atoms with E-state index in [0.717, 1.165) is 82.5 Å². The van der Waals surface area contributed by atoms with Gasteiger partial charge in [0.15, 0.2) is 0 Å². The average molecular weight is 873 g/mol. The van der Waals surface area contributed by atoms with Gasteiger partial charge in [0.2, 0.25) is 5.91 Å². The fourth-order valence-corrected chi connectivity index (χ4v) is 7.25. The zero-order valence-corrected chi connectivity index (χ0v) is 37.2. The number of benzene rings is 4. The number of nitrogens with zero attached hydrogens (tertiary/aromatic N) is 3. The minimum Gasteiger partial charge on any atom is -0.471 e. The molecular formula is C49H57FN8O6. The molecule has 5 N–H and O–H groups in total. The van der Waals surface area contributed by atoms with E-state index in [1.807, 2.05) is 62.4 Å². The highest BCUT2D eigenvalue weighted by Crippen LogP contribution is 2.32. The lowest BCUT2D eigenvalue weighted by atomic mass is 10.0. The molecule has 1 aliphatic rings. The predicted octanol–water partition coefficient (Wildman–Crippen LogP) is 7.17. The largest absolute Gasteiger partial charge is 0.471 e. The molecule has 1 saturated heterocycles. The lowest BCUT2D eigenvalue weighted by Gasteiger charge is -2.16. The number of aromatic nitrogens is 4. The number of ether oxygens (including phenoxy) is 2. The highest BCUT2D eigenvalue weighted by Gasteiger charge is 2.26. The van der Waals surface area contributed by atoms with Gasteiger partial charge in [0.05, 0.1) is 54.8 Å². The topological polar surface area (TPSA) is 183 Å². The summed E-state index contributed by atoms with van der Waals surface area (Å²) in [5.74, 6) is 7.68. The van der Waals surface area contributed by atoms with Gasteiger partial charge in [-0.1, -0.05) is 74.2 Å². The number of rotatable bonds is 14. The number of halogens is 1. The van der Waals surface area contributed by atoms with E-state index in [1.54, 1.807) is 19.3 Å². The molecule has 0 aliphatic carbocycles. The summed E-state index contributed by atoms with van der Waals surface area (Å²) in [6.45, 7) is 5.73. The van der Waals surface area contributed by atoms with Crippen molar-refractivity contribution in [3.05, 3.63) is 119 Å². The van der Waals surface area contributed by atoms with Crippen LogP contribution in [0, 0.1) is 23.6 Å². The van der Waals surface area contributed by atoms with Crippen LogP contribution in [0.3, 0.4) is 0 Å². The first kappa shape index (κ1) is 48.1. The Morgan fingerprint density at radius 1 is 1.00 bits per heavy atom. The number of aryl methyl sites for hydroxylation is 1. The van der Waals surface area contributed by atoms with Crippen LogP contribution in [0.15, 0.2) is 85.1 Å². The van der Waals surface area contributed by atoms with Crippen molar-refractivity contribution in [2.75, 3.05) is 41.4 Å². The predicted molar refractivity (Wildman–Crippen MR) is 246 cm³/mol. The van der Waals surface area contributed by atoms with Gasteiger partial charge in [0.25, 0.3) is 6.47 Å². The van der Waals surface area contributed by atoms with Gasteiger partial charge in [-0.15, -0.1) is 0 Å². The lowest BCUT2D eigenvalue weighted by molar-refractivity contribution is -0.126. The number of fused-ring (bicyclic) bond motifs is 3. The summed E-state index contributed by atoms with van der Waals surface area (Å²) in [5.41, 5.74) is 5.57. The summed E-state index contributed by atoms with van der Waals surface area (Å²) in [5, 5.41) is 10.6. The molecule has 7 rings (SSSR count). The number of unbranched alkanes of at least 4 members (excludes halogenated alkanes) is 1. The van der Waals surface area contributed by atoms with Crippen molar-refractivity contribution < 1.29 is 33.0 Å². The van der Waals surface area contributed by atoms with E-state index >= 15 is 4.39 Å². The molecule has 2 aromatic heterocycles. The van der Waals surface area contributed by atoms with E-state index in [9.17, 15) is 14.4 Å². The number of likely N-dealkylation sites (tertiary alicyclic amines) is 1. The molecule has 3 heterocycles. The van der Waals surface area contributed by atoms with Crippen molar-refractivity contribution in [1.82, 2.24) is 40.8 Å². The van der Waals surface area contributed by atoms with Gasteiger partial charge in [-0.2, -0.15) is 0 Å². The number of carbonyl (C=O) groups excluding carboxylic acids is 4. The molecule has 0 spiro atoms. The molecule has 15 heteroatoms. The molecule has 336 valence electrons.